The van der Waals surface area contributed by atoms with E-state index in [-0.39, 0.29) is 0 Å². The van der Waals surface area contributed by atoms with Gasteiger partial charge in [-0.15, -0.1) is 0 Å². The van der Waals surface area contributed by atoms with Gasteiger partial charge in [0.1, 0.15) is 0 Å². The second kappa shape index (κ2) is 6.78. The van der Waals surface area contributed by atoms with Gasteiger partial charge in [-0.3, -0.25) is 0 Å². The van der Waals surface area contributed by atoms with Gasteiger partial charge in [-0.25, -0.2) is 0 Å². The van der Waals surface area contributed by atoms with Gasteiger partial charge in [-0.2, -0.15) is 11.8 Å². The molecule has 0 bridgehead atoms. The summed E-state index contributed by atoms with van der Waals surface area (Å²) in [6.07, 6.45) is 3.86. The van der Waals surface area contributed by atoms with Gasteiger partial charge in [0.2, 0.25) is 0 Å². The van der Waals surface area contributed by atoms with Crippen LogP contribution in [-0.2, 0) is 5.60 Å². The molecule has 1 fully saturated rings. The first-order valence-corrected chi connectivity index (χ1v) is 8.31. The average Bonchev–Trinajstić information content (AvgIpc) is 2.86. The highest BCUT2D eigenvalue weighted by Crippen LogP contribution is 2.30. The molecular weight excluding hydrogens is 254 g/mol. The van der Waals surface area contributed by atoms with Crippen molar-refractivity contribution in [2.45, 2.75) is 50.0 Å². The van der Waals surface area contributed by atoms with E-state index < -0.39 is 5.60 Å². The van der Waals surface area contributed by atoms with Crippen LogP contribution in [0.5, 0.6) is 0 Å². The highest BCUT2D eigenvalue weighted by molar-refractivity contribution is 7.99. The monoisotopic (exact) mass is 279 g/mol. The second-order valence-corrected chi connectivity index (χ2v) is 7.07. The normalized spacial score (nSPS) is 26.3. The highest BCUT2D eigenvalue weighted by atomic mass is 32.2. The maximum Gasteiger partial charge on any atom is 0.0992 e. The van der Waals surface area contributed by atoms with Crippen molar-refractivity contribution >= 4 is 11.8 Å². The first-order chi connectivity index (χ1) is 9.13. The molecule has 0 radical (unpaired) electrons. The molecule has 2 rings (SSSR count). The summed E-state index contributed by atoms with van der Waals surface area (Å²) in [5.74, 6) is 1.18. The fraction of sp³-hybridized carbons (Fsp3) is 0.625. The summed E-state index contributed by atoms with van der Waals surface area (Å²) in [4.78, 5) is 0. The summed E-state index contributed by atoms with van der Waals surface area (Å²) in [6.45, 7) is 4.74. The van der Waals surface area contributed by atoms with E-state index >= 15 is 0 Å². The SMILES string of the molecule is CCSC1CCCC1NCC(C)(O)c1ccccc1. The lowest BCUT2D eigenvalue weighted by atomic mass is 9.96. The van der Waals surface area contributed by atoms with E-state index in [1.807, 2.05) is 49.0 Å². The Labute approximate surface area is 121 Å². The minimum absolute atomic E-state index is 0.556. The Balaban J connectivity index is 1.91. The minimum Gasteiger partial charge on any atom is -0.384 e. The van der Waals surface area contributed by atoms with Crippen LogP contribution >= 0.6 is 11.8 Å². The molecule has 0 aromatic heterocycles. The Kier molecular flexibility index (Phi) is 5.31. The van der Waals surface area contributed by atoms with Crippen LogP contribution in [0.15, 0.2) is 30.3 Å². The van der Waals surface area contributed by atoms with Crippen molar-refractivity contribution in [1.29, 1.82) is 0 Å². The van der Waals surface area contributed by atoms with Gasteiger partial charge in [0.05, 0.1) is 5.60 Å². The van der Waals surface area contributed by atoms with Crippen LogP contribution in [0.4, 0.5) is 0 Å². The van der Waals surface area contributed by atoms with Crippen LogP contribution in [0.3, 0.4) is 0 Å². The fourth-order valence-corrected chi connectivity index (χ4v) is 4.03. The molecule has 0 heterocycles. The van der Waals surface area contributed by atoms with E-state index in [0.29, 0.717) is 12.6 Å². The van der Waals surface area contributed by atoms with E-state index in [0.717, 1.165) is 10.8 Å². The minimum atomic E-state index is -0.786. The molecule has 3 atom stereocenters. The predicted octanol–water partition coefficient (Wildman–Crippen LogP) is 3.16. The Hall–Kier alpha value is -0.510. The third-order valence-electron chi connectivity index (χ3n) is 3.94. The summed E-state index contributed by atoms with van der Waals surface area (Å²) in [7, 11) is 0. The maximum absolute atomic E-state index is 10.6. The van der Waals surface area contributed by atoms with Crippen LogP contribution in [0.25, 0.3) is 0 Å². The van der Waals surface area contributed by atoms with Crippen molar-refractivity contribution < 1.29 is 5.11 Å². The topological polar surface area (TPSA) is 32.3 Å². The molecule has 1 aromatic rings. The molecule has 3 heteroatoms. The Morgan fingerprint density at radius 1 is 1.32 bits per heavy atom. The first-order valence-electron chi connectivity index (χ1n) is 7.26. The highest BCUT2D eigenvalue weighted by Gasteiger charge is 2.30. The quantitative estimate of drug-likeness (QED) is 0.839. The van der Waals surface area contributed by atoms with Gasteiger partial charge in [0, 0.05) is 17.8 Å². The molecular formula is C16H25NOS. The zero-order valence-corrected chi connectivity index (χ0v) is 12.7. The van der Waals surface area contributed by atoms with E-state index in [1.165, 1.54) is 25.0 Å². The van der Waals surface area contributed by atoms with Crippen LogP contribution in [0, 0.1) is 0 Å². The third-order valence-corrected chi connectivity index (χ3v) is 5.26. The lowest BCUT2D eigenvalue weighted by Crippen LogP contribution is -2.43. The second-order valence-electron chi connectivity index (χ2n) is 5.55. The maximum atomic E-state index is 10.6. The number of rotatable bonds is 6. The smallest absolute Gasteiger partial charge is 0.0992 e. The zero-order chi connectivity index (χ0) is 13.7. The van der Waals surface area contributed by atoms with Crippen LogP contribution in [-0.4, -0.2) is 28.7 Å². The van der Waals surface area contributed by atoms with Crippen molar-refractivity contribution in [3.8, 4) is 0 Å². The molecule has 0 aliphatic heterocycles. The molecule has 19 heavy (non-hydrogen) atoms. The van der Waals surface area contributed by atoms with Crippen molar-refractivity contribution in [2.75, 3.05) is 12.3 Å². The van der Waals surface area contributed by atoms with Crippen LogP contribution < -0.4 is 5.32 Å². The molecule has 2 N–H and O–H groups in total. The summed E-state index contributed by atoms with van der Waals surface area (Å²) >= 11 is 2.05. The summed E-state index contributed by atoms with van der Waals surface area (Å²) in [5.41, 5.74) is 0.200. The molecule has 1 saturated carbocycles. The lowest BCUT2D eigenvalue weighted by molar-refractivity contribution is 0.0542. The van der Waals surface area contributed by atoms with Gasteiger partial charge in [-0.1, -0.05) is 43.7 Å². The van der Waals surface area contributed by atoms with Gasteiger partial charge >= 0.3 is 0 Å². The number of hydrogen-bond donors (Lipinski definition) is 2. The van der Waals surface area contributed by atoms with Crippen molar-refractivity contribution in [3.05, 3.63) is 35.9 Å². The van der Waals surface area contributed by atoms with Gasteiger partial charge < -0.3 is 10.4 Å². The van der Waals surface area contributed by atoms with Crippen LogP contribution in [0.2, 0.25) is 0 Å². The molecule has 1 aliphatic carbocycles. The van der Waals surface area contributed by atoms with Crippen LogP contribution in [0.1, 0.15) is 38.7 Å². The van der Waals surface area contributed by atoms with E-state index in [4.69, 9.17) is 0 Å². The van der Waals surface area contributed by atoms with Crippen molar-refractivity contribution in [2.24, 2.45) is 0 Å². The number of aliphatic hydroxyl groups is 1. The Morgan fingerprint density at radius 2 is 2.05 bits per heavy atom. The fourth-order valence-electron chi connectivity index (χ4n) is 2.80. The number of nitrogens with one attached hydrogen (secondary N) is 1. The summed E-state index contributed by atoms with van der Waals surface area (Å²) in [6, 6.07) is 10.5. The largest absolute Gasteiger partial charge is 0.384 e. The molecule has 0 saturated heterocycles. The van der Waals surface area contributed by atoms with Gasteiger partial charge in [-0.05, 0) is 31.1 Å². The molecule has 106 valence electrons. The summed E-state index contributed by atoms with van der Waals surface area (Å²) < 4.78 is 0. The lowest BCUT2D eigenvalue weighted by Gasteiger charge is -2.28. The van der Waals surface area contributed by atoms with E-state index in [2.05, 4.69) is 12.2 Å². The standard InChI is InChI=1S/C16H25NOS/c1-3-19-15-11-7-10-14(15)17-12-16(2,18)13-8-5-4-6-9-13/h4-6,8-9,14-15,17-18H,3,7,10-12H2,1-2H3. The number of benzene rings is 1. The number of hydrogen-bond acceptors (Lipinski definition) is 3. The molecule has 1 aromatic carbocycles. The van der Waals surface area contributed by atoms with E-state index in [9.17, 15) is 5.11 Å². The van der Waals surface area contributed by atoms with Gasteiger partial charge in [0.15, 0.2) is 0 Å². The van der Waals surface area contributed by atoms with E-state index in [1.54, 1.807) is 0 Å². The molecule has 0 amide bonds. The van der Waals surface area contributed by atoms with Crippen molar-refractivity contribution in [3.63, 3.8) is 0 Å². The predicted molar refractivity (Wildman–Crippen MR) is 83.6 cm³/mol. The van der Waals surface area contributed by atoms with Gasteiger partial charge in [0.25, 0.3) is 0 Å². The molecule has 3 unspecified atom stereocenters. The first kappa shape index (κ1) is 14.9. The van der Waals surface area contributed by atoms with Crippen molar-refractivity contribution in [1.82, 2.24) is 5.32 Å². The average molecular weight is 279 g/mol. The molecule has 2 nitrogen and oxygen atoms in total. The third kappa shape index (κ3) is 3.98. The Morgan fingerprint density at radius 3 is 2.74 bits per heavy atom. The zero-order valence-electron chi connectivity index (χ0n) is 11.9. The number of thioether (sulfide) groups is 1. The summed E-state index contributed by atoms with van der Waals surface area (Å²) in [5, 5.41) is 14.9. The molecule has 0 spiro atoms. The molecule has 1 aliphatic rings. The Bertz CT molecular complexity index is 380.